The maximum atomic E-state index is 5.60. The predicted octanol–water partition coefficient (Wildman–Crippen LogP) is 4.46. The lowest BCUT2D eigenvalue weighted by Crippen LogP contribution is -2.09. The summed E-state index contributed by atoms with van der Waals surface area (Å²) in [6.07, 6.45) is 0. The van der Waals surface area contributed by atoms with Crippen LogP contribution in [0.15, 0.2) is 51.4 Å². The fraction of sp³-hybridized carbons (Fsp3) is 0.0714. The van der Waals surface area contributed by atoms with Gasteiger partial charge in [0.2, 0.25) is 0 Å². The Balaban J connectivity index is 2.07. The molecule has 0 aliphatic rings. The second-order valence-corrected chi connectivity index (χ2v) is 6.25. The van der Waals surface area contributed by atoms with Crippen molar-refractivity contribution in [1.82, 2.24) is 0 Å². The average Bonchev–Trinajstić information content (AvgIpc) is 2.39. The van der Waals surface area contributed by atoms with E-state index in [1.165, 1.54) is 5.56 Å². The third-order valence-electron chi connectivity index (χ3n) is 2.65. The van der Waals surface area contributed by atoms with Crippen molar-refractivity contribution in [3.63, 3.8) is 0 Å². The fourth-order valence-electron chi connectivity index (χ4n) is 1.61. The summed E-state index contributed by atoms with van der Waals surface area (Å²) < 4.78 is 2.04. The van der Waals surface area contributed by atoms with Crippen LogP contribution in [-0.4, -0.2) is 4.99 Å². The third-order valence-corrected chi connectivity index (χ3v) is 4.07. The lowest BCUT2D eigenvalue weighted by Gasteiger charge is -2.10. The van der Waals surface area contributed by atoms with E-state index < -0.39 is 0 Å². The van der Waals surface area contributed by atoms with Crippen molar-refractivity contribution >= 4 is 54.8 Å². The summed E-state index contributed by atoms with van der Waals surface area (Å²) in [6, 6.07) is 14.0. The molecule has 0 saturated heterocycles. The first-order valence-corrected chi connectivity index (χ1v) is 7.63. The number of thiocarbonyl (C=S) groups is 1. The van der Waals surface area contributed by atoms with Crippen molar-refractivity contribution in [2.45, 2.75) is 6.54 Å². The summed E-state index contributed by atoms with van der Waals surface area (Å²) >= 11 is 11.9. The summed E-state index contributed by atoms with van der Waals surface area (Å²) in [5.74, 6) is 0. The molecule has 0 amide bonds. The van der Waals surface area contributed by atoms with Gasteiger partial charge in [-0.2, -0.15) is 0 Å². The van der Waals surface area contributed by atoms with Gasteiger partial charge in [-0.15, -0.1) is 0 Å². The Morgan fingerprint density at radius 3 is 2.37 bits per heavy atom. The minimum atomic E-state index is 0.403. The number of rotatable bonds is 4. The topological polar surface area (TPSA) is 38.0 Å². The zero-order chi connectivity index (χ0) is 13.8. The summed E-state index contributed by atoms with van der Waals surface area (Å²) in [6.45, 7) is 0.762. The second-order valence-electron chi connectivity index (χ2n) is 4.04. The van der Waals surface area contributed by atoms with Crippen molar-refractivity contribution in [2.24, 2.45) is 5.73 Å². The van der Waals surface area contributed by atoms with Crippen molar-refractivity contribution < 1.29 is 0 Å². The molecule has 2 aromatic carbocycles. The molecule has 0 saturated carbocycles. The number of nitrogens with one attached hydrogen (secondary N) is 1. The van der Waals surface area contributed by atoms with Gasteiger partial charge < -0.3 is 11.1 Å². The van der Waals surface area contributed by atoms with Crippen molar-refractivity contribution in [1.29, 1.82) is 0 Å². The Morgan fingerprint density at radius 1 is 1.11 bits per heavy atom. The number of halogens is 2. The highest BCUT2D eigenvalue weighted by molar-refractivity contribution is 9.10. The molecule has 0 heterocycles. The molecule has 0 spiro atoms. The molecule has 0 atom stereocenters. The van der Waals surface area contributed by atoms with Gasteiger partial charge in [0.15, 0.2) is 0 Å². The van der Waals surface area contributed by atoms with Gasteiger partial charge in [0, 0.05) is 26.7 Å². The largest absolute Gasteiger partial charge is 0.389 e. The molecule has 0 fully saturated rings. The van der Waals surface area contributed by atoms with Crippen LogP contribution >= 0.6 is 44.1 Å². The lowest BCUT2D eigenvalue weighted by molar-refractivity contribution is 1.14. The zero-order valence-corrected chi connectivity index (χ0v) is 14.0. The quantitative estimate of drug-likeness (QED) is 0.745. The number of benzene rings is 2. The minimum absolute atomic E-state index is 0.403. The van der Waals surface area contributed by atoms with E-state index in [-0.39, 0.29) is 0 Å². The van der Waals surface area contributed by atoms with Gasteiger partial charge >= 0.3 is 0 Å². The molecule has 3 N–H and O–H groups in total. The molecule has 0 aromatic heterocycles. The molecule has 98 valence electrons. The molecule has 0 unspecified atom stereocenters. The molecule has 0 aliphatic carbocycles. The molecule has 0 bridgehead atoms. The Hall–Kier alpha value is -0.910. The van der Waals surface area contributed by atoms with Crippen LogP contribution in [0.2, 0.25) is 0 Å². The first kappa shape index (κ1) is 14.5. The monoisotopic (exact) mass is 398 g/mol. The van der Waals surface area contributed by atoms with Crippen LogP contribution in [0.3, 0.4) is 0 Å². The predicted molar refractivity (Wildman–Crippen MR) is 91.5 cm³/mol. The van der Waals surface area contributed by atoms with Crippen LogP contribution in [-0.2, 0) is 6.54 Å². The average molecular weight is 400 g/mol. The molecule has 2 aromatic rings. The maximum Gasteiger partial charge on any atom is 0.104 e. The van der Waals surface area contributed by atoms with Crippen LogP contribution in [0.25, 0.3) is 0 Å². The standard InChI is InChI=1S/C14H12Br2N2S/c15-11-4-1-9(2-5-11)8-18-13-6-3-10(14(17)19)7-12(13)16/h1-7,18H,8H2,(H2,17,19). The van der Waals surface area contributed by atoms with E-state index in [1.54, 1.807) is 0 Å². The third kappa shape index (κ3) is 4.03. The minimum Gasteiger partial charge on any atom is -0.389 e. The molecule has 2 nitrogen and oxygen atoms in total. The molecule has 2 rings (SSSR count). The number of anilines is 1. The van der Waals surface area contributed by atoms with E-state index in [9.17, 15) is 0 Å². The SMILES string of the molecule is NC(=S)c1ccc(NCc2ccc(Br)cc2)c(Br)c1. The van der Waals surface area contributed by atoms with Gasteiger partial charge in [0.1, 0.15) is 4.99 Å². The Bertz CT molecular complexity index is 597. The van der Waals surface area contributed by atoms with Crippen molar-refractivity contribution in [2.75, 3.05) is 5.32 Å². The summed E-state index contributed by atoms with van der Waals surface area (Å²) in [7, 11) is 0. The van der Waals surface area contributed by atoms with E-state index in [1.807, 2.05) is 30.3 Å². The maximum absolute atomic E-state index is 5.60. The molecule has 19 heavy (non-hydrogen) atoms. The van der Waals surface area contributed by atoms with E-state index in [4.69, 9.17) is 18.0 Å². The Kier molecular flexibility index (Phi) is 4.96. The van der Waals surface area contributed by atoms with Gasteiger partial charge in [-0.1, -0.05) is 40.3 Å². The fourth-order valence-corrected chi connectivity index (χ4v) is 2.52. The summed E-state index contributed by atoms with van der Waals surface area (Å²) in [4.78, 5) is 0.403. The molecule has 0 radical (unpaired) electrons. The summed E-state index contributed by atoms with van der Waals surface area (Å²) in [5, 5.41) is 3.37. The van der Waals surface area contributed by atoms with E-state index in [0.29, 0.717) is 4.99 Å². The van der Waals surface area contributed by atoms with Gasteiger partial charge in [-0.05, 0) is 51.8 Å². The number of hydrogen-bond donors (Lipinski definition) is 2. The lowest BCUT2D eigenvalue weighted by atomic mass is 10.2. The van der Waals surface area contributed by atoms with Crippen LogP contribution in [0.4, 0.5) is 5.69 Å². The van der Waals surface area contributed by atoms with E-state index in [0.717, 1.165) is 26.7 Å². The van der Waals surface area contributed by atoms with Crippen molar-refractivity contribution in [3.8, 4) is 0 Å². The van der Waals surface area contributed by atoms with Gasteiger partial charge in [-0.25, -0.2) is 0 Å². The van der Waals surface area contributed by atoms with Crippen LogP contribution in [0.1, 0.15) is 11.1 Å². The highest BCUT2D eigenvalue weighted by Gasteiger charge is 2.03. The molecular formula is C14H12Br2N2S. The Labute approximate surface area is 134 Å². The highest BCUT2D eigenvalue weighted by atomic mass is 79.9. The van der Waals surface area contributed by atoms with Gasteiger partial charge in [0.05, 0.1) is 0 Å². The smallest absolute Gasteiger partial charge is 0.104 e. The Morgan fingerprint density at radius 2 is 1.79 bits per heavy atom. The normalized spacial score (nSPS) is 10.2. The van der Waals surface area contributed by atoms with Crippen molar-refractivity contribution in [3.05, 3.63) is 62.5 Å². The molecular weight excluding hydrogens is 388 g/mol. The number of nitrogens with two attached hydrogens (primary N) is 1. The van der Waals surface area contributed by atoms with Gasteiger partial charge in [0.25, 0.3) is 0 Å². The van der Waals surface area contributed by atoms with Crippen LogP contribution in [0.5, 0.6) is 0 Å². The molecule has 0 aliphatic heterocycles. The highest BCUT2D eigenvalue weighted by Crippen LogP contribution is 2.24. The van der Waals surface area contributed by atoms with E-state index >= 15 is 0 Å². The van der Waals surface area contributed by atoms with Crippen LogP contribution < -0.4 is 11.1 Å². The first-order valence-electron chi connectivity index (χ1n) is 5.64. The number of hydrogen-bond acceptors (Lipinski definition) is 2. The summed E-state index contributed by atoms with van der Waals surface area (Å²) in [5.41, 5.74) is 8.69. The second kappa shape index (κ2) is 6.50. The van der Waals surface area contributed by atoms with Gasteiger partial charge in [-0.3, -0.25) is 0 Å². The zero-order valence-electron chi connectivity index (χ0n) is 9.99. The van der Waals surface area contributed by atoms with E-state index in [2.05, 4.69) is 49.3 Å². The van der Waals surface area contributed by atoms with Crippen LogP contribution in [0, 0.1) is 0 Å². The molecule has 5 heteroatoms. The first-order chi connectivity index (χ1) is 9.06.